The second kappa shape index (κ2) is 9.92. The van der Waals surface area contributed by atoms with Gasteiger partial charge in [-0.15, -0.1) is 0 Å². The molecule has 3 rings (SSSR count). The molecule has 27 heavy (non-hydrogen) atoms. The molecule has 0 saturated carbocycles. The van der Waals surface area contributed by atoms with Crippen LogP contribution in [0.1, 0.15) is 0 Å². The highest BCUT2D eigenvalue weighted by atomic mass is 35.5. The first-order valence-electron chi connectivity index (χ1n) is 8.03. The quantitative estimate of drug-likeness (QED) is 0.459. The summed E-state index contributed by atoms with van der Waals surface area (Å²) in [5, 5.41) is 5.97. The number of benzene rings is 3. The van der Waals surface area contributed by atoms with Gasteiger partial charge < -0.3 is 12.4 Å². The molecule has 0 aromatic heterocycles. The number of hydrogen-bond donors (Lipinski definition) is 1. The van der Waals surface area contributed by atoms with E-state index >= 15 is 0 Å². The van der Waals surface area contributed by atoms with Crippen LogP contribution in [-0.4, -0.2) is 6.41 Å². The number of rotatable bonds is 6. The molecule has 1 amide bonds. The number of amides is 1. The molecule has 0 bridgehead atoms. The Balaban J connectivity index is 0.00000261. The first-order valence-corrected chi connectivity index (χ1v) is 10.6. The second-order valence-electron chi connectivity index (χ2n) is 5.55. The van der Waals surface area contributed by atoms with Gasteiger partial charge in [-0.25, -0.2) is 0 Å². The highest BCUT2D eigenvalue weighted by Gasteiger charge is 2.51. The molecule has 0 unspecified atom stereocenters. The van der Waals surface area contributed by atoms with Crippen LogP contribution in [-0.2, 0) is 4.79 Å². The van der Waals surface area contributed by atoms with Crippen LogP contribution < -0.4 is 33.6 Å². The molecule has 0 aliphatic carbocycles. The molecule has 0 radical (unpaired) electrons. The molecule has 0 heterocycles. The molecule has 0 aliphatic heterocycles. The first-order chi connectivity index (χ1) is 12.7. The molecular formula is C21H17Cl3NOP. The fourth-order valence-electron chi connectivity index (χ4n) is 3.12. The zero-order valence-corrected chi connectivity index (χ0v) is 17.4. The fourth-order valence-corrected chi connectivity index (χ4v) is 8.02. The van der Waals surface area contributed by atoms with Gasteiger partial charge in [-0.05, 0) is 36.4 Å². The van der Waals surface area contributed by atoms with Crippen LogP contribution in [0.2, 0.25) is 0 Å². The molecule has 0 saturated heterocycles. The van der Waals surface area contributed by atoms with Gasteiger partial charge in [0.1, 0.15) is 15.9 Å². The Bertz CT molecular complexity index is 802. The maximum atomic E-state index is 11.4. The molecular weight excluding hydrogens is 420 g/mol. The van der Waals surface area contributed by atoms with E-state index in [0.717, 1.165) is 15.9 Å². The maximum Gasteiger partial charge on any atom is 0.214 e. The van der Waals surface area contributed by atoms with E-state index in [9.17, 15) is 4.79 Å². The van der Waals surface area contributed by atoms with Crippen LogP contribution in [0.15, 0.2) is 101 Å². The van der Waals surface area contributed by atoms with Gasteiger partial charge in [0, 0.05) is 0 Å². The summed E-state index contributed by atoms with van der Waals surface area (Å²) in [6.45, 7) is 0. The standard InChI is InChI=1S/C21H16Cl2NOP.ClH/c22-20(23)21(24-16-25)26(17-10-4-1-5-11-17,18-12-6-2-7-13-18)19-14-8-3-9-15-19;/h1-16H;1H. The lowest BCUT2D eigenvalue weighted by atomic mass is 10.4. The van der Waals surface area contributed by atoms with Crippen LogP contribution in [0.5, 0.6) is 0 Å². The average Bonchev–Trinajstić information content (AvgIpc) is 2.70. The summed E-state index contributed by atoms with van der Waals surface area (Å²) < 4.78 is 0.0574. The zero-order valence-electron chi connectivity index (χ0n) is 14.2. The number of carbonyl (C=O) groups excluding carboxylic acids is 1. The normalized spacial score (nSPS) is 10.4. The van der Waals surface area contributed by atoms with E-state index in [1.54, 1.807) is 0 Å². The number of carbonyl (C=O) groups is 1. The van der Waals surface area contributed by atoms with Gasteiger partial charge in [-0.3, -0.25) is 10.1 Å². The summed E-state index contributed by atoms with van der Waals surface area (Å²) in [7, 11) is -2.46. The highest BCUT2D eigenvalue weighted by molar-refractivity contribution is 7.99. The van der Waals surface area contributed by atoms with Crippen LogP contribution in [0, 0.1) is 0 Å². The molecule has 0 aliphatic rings. The van der Waals surface area contributed by atoms with Gasteiger partial charge in [-0.2, -0.15) is 0 Å². The summed E-state index contributed by atoms with van der Waals surface area (Å²) in [4.78, 5) is 11.4. The summed E-state index contributed by atoms with van der Waals surface area (Å²) in [6, 6.07) is 30.1. The van der Waals surface area contributed by atoms with Crippen molar-refractivity contribution in [2.24, 2.45) is 0 Å². The number of halogens is 3. The first kappa shape index (κ1) is 21.5. The summed E-state index contributed by atoms with van der Waals surface area (Å²) >= 11 is 12.6. The minimum atomic E-state index is -2.46. The van der Waals surface area contributed by atoms with Crippen LogP contribution in [0.25, 0.3) is 0 Å². The van der Waals surface area contributed by atoms with Gasteiger partial charge >= 0.3 is 0 Å². The number of nitrogens with one attached hydrogen (secondary N) is 1. The molecule has 1 N–H and O–H groups in total. The van der Waals surface area contributed by atoms with Gasteiger partial charge in [0.15, 0.2) is 11.8 Å². The SMILES string of the molecule is O=CNC(=C(Cl)Cl)[P+](c1ccccc1)(c1ccccc1)c1ccccc1.[Cl-]. The van der Waals surface area contributed by atoms with Crippen LogP contribution in [0.3, 0.4) is 0 Å². The maximum absolute atomic E-state index is 11.4. The van der Waals surface area contributed by atoms with E-state index in [1.807, 2.05) is 54.6 Å². The molecule has 138 valence electrons. The van der Waals surface area contributed by atoms with Crippen molar-refractivity contribution in [1.29, 1.82) is 0 Å². The van der Waals surface area contributed by atoms with E-state index in [4.69, 9.17) is 23.2 Å². The Kier molecular flexibility index (Phi) is 7.89. The fraction of sp³-hybridized carbons (Fsp3) is 0. The molecule has 3 aromatic carbocycles. The summed E-state index contributed by atoms with van der Waals surface area (Å²) in [6.07, 6.45) is 0.629. The number of hydrogen-bond acceptors (Lipinski definition) is 1. The third-order valence-corrected chi connectivity index (χ3v) is 9.02. The Morgan fingerprint density at radius 3 is 1.30 bits per heavy atom. The lowest BCUT2D eigenvalue weighted by molar-refractivity contribution is -0.108. The zero-order chi connectivity index (χ0) is 18.4. The Labute approximate surface area is 176 Å². The van der Waals surface area contributed by atoms with E-state index in [0.29, 0.717) is 11.8 Å². The monoisotopic (exact) mass is 435 g/mol. The molecule has 2 nitrogen and oxygen atoms in total. The molecule has 6 heteroatoms. The minimum Gasteiger partial charge on any atom is -1.00 e. The van der Waals surface area contributed by atoms with Crippen LogP contribution >= 0.6 is 30.5 Å². The largest absolute Gasteiger partial charge is 1.00 e. The van der Waals surface area contributed by atoms with Crippen molar-refractivity contribution in [1.82, 2.24) is 5.32 Å². The predicted octanol–water partition coefficient (Wildman–Crippen LogP) is 1.33. The van der Waals surface area contributed by atoms with Crippen molar-refractivity contribution in [2.45, 2.75) is 0 Å². The topological polar surface area (TPSA) is 29.1 Å². The molecule has 0 spiro atoms. The predicted molar refractivity (Wildman–Crippen MR) is 113 cm³/mol. The Morgan fingerprint density at radius 1 is 0.704 bits per heavy atom. The van der Waals surface area contributed by atoms with E-state index < -0.39 is 7.26 Å². The minimum absolute atomic E-state index is 0. The average molecular weight is 437 g/mol. The van der Waals surface area contributed by atoms with E-state index in [-0.39, 0.29) is 16.9 Å². The smallest absolute Gasteiger partial charge is 0.214 e. The highest BCUT2D eigenvalue weighted by Crippen LogP contribution is 2.62. The summed E-state index contributed by atoms with van der Waals surface area (Å²) in [5.74, 6) is 0. The van der Waals surface area contributed by atoms with Gasteiger partial charge in [-0.1, -0.05) is 77.8 Å². The lowest BCUT2D eigenvalue weighted by Gasteiger charge is -2.28. The van der Waals surface area contributed by atoms with Crippen molar-refractivity contribution in [3.05, 3.63) is 101 Å². The van der Waals surface area contributed by atoms with Gasteiger partial charge in [0.05, 0.1) is 0 Å². The molecule has 3 aromatic rings. The van der Waals surface area contributed by atoms with Crippen LogP contribution in [0.4, 0.5) is 0 Å². The third-order valence-electron chi connectivity index (χ3n) is 4.14. The van der Waals surface area contributed by atoms with Crippen molar-refractivity contribution >= 4 is 52.8 Å². The summed E-state index contributed by atoms with van der Waals surface area (Å²) in [5.41, 5.74) is 0.527. The second-order valence-corrected chi connectivity index (χ2v) is 9.84. The van der Waals surface area contributed by atoms with Gasteiger partial charge in [0.2, 0.25) is 11.8 Å². The Hall–Kier alpha value is -1.83. The van der Waals surface area contributed by atoms with Gasteiger partial charge in [0.25, 0.3) is 0 Å². The van der Waals surface area contributed by atoms with Crippen molar-refractivity contribution in [2.75, 3.05) is 0 Å². The lowest BCUT2D eigenvalue weighted by Crippen LogP contribution is -3.00. The molecule has 0 fully saturated rings. The van der Waals surface area contributed by atoms with E-state index in [2.05, 4.69) is 41.7 Å². The third kappa shape index (κ3) is 4.20. The Morgan fingerprint density at radius 2 is 1.04 bits per heavy atom. The van der Waals surface area contributed by atoms with Crippen molar-refractivity contribution in [3.8, 4) is 0 Å². The van der Waals surface area contributed by atoms with Crippen molar-refractivity contribution < 1.29 is 17.2 Å². The molecule has 0 atom stereocenters. The van der Waals surface area contributed by atoms with E-state index in [1.165, 1.54) is 0 Å². The van der Waals surface area contributed by atoms with Crippen molar-refractivity contribution in [3.63, 3.8) is 0 Å².